The van der Waals surface area contributed by atoms with Gasteiger partial charge in [-0.2, -0.15) is 0 Å². The van der Waals surface area contributed by atoms with Crippen LogP contribution in [0.4, 0.5) is 0 Å². The Kier molecular flexibility index (Phi) is 6.66. The maximum Gasteiger partial charge on any atom is 0.305 e. The van der Waals surface area contributed by atoms with Crippen LogP contribution in [0, 0.1) is 0 Å². The quantitative estimate of drug-likeness (QED) is 0.792. The fraction of sp³-hybridized carbons (Fsp3) is 0.364. The molecule has 2 aromatic rings. The van der Waals surface area contributed by atoms with E-state index in [4.69, 9.17) is 14.6 Å². The van der Waals surface area contributed by atoms with Crippen LogP contribution in [0.2, 0.25) is 0 Å². The van der Waals surface area contributed by atoms with Gasteiger partial charge >= 0.3 is 5.97 Å². The molecule has 1 N–H and O–H groups in total. The van der Waals surface area contributed by atoms with Crippen molar-refractivity contribution in [2.75, 3.05) is 26.9 Å². The molecule has 6 nitrogen and oxygen atoms in total. The molecule has 148 valence electrons. The molecule has 1 amide bonds. The number of benzene rings is 2. The summed E-state index contributed by atoms with van der Waals surface area (Å²) >= 11 is 0. The van der Waals surface area contributed by atoms with E-state index in [2.05, 4.69) is 0 Å². The first-order chi connectivity index (χ1) is 13.6. The molecule has 6 heteroatoms. The molecule has 0 radical (unpaired) electrons. The van der Waals surface area contributed by atoms with Gasteiger partial charge in [0.2, 0.25) is 0 Å². The molecule has 28 heavy (non-hydrogen) atoms. The summed E-state index contributed by atoms with van der Waals surface area (Å²) in [5, 5.41) is 9.09. The summed E-state index contributed by atoms with van der Waals surface area (Å²) < 4.78 is 10.9. The predicted octanol–water partition coefficient (Wildman–Crippen LogP) is 3.46. The van der Waals surface area contributed by atoms with Gasteiger partial charge in [0.15, 0.2) is 0 Å². The van der Waals surface area contributed by atoms with Crippen LogP contribution in [0.3, 0.4) is 0 Å². The molecule has 0 aliphatic carbocycles. The second kappa shape index (κ2) is 9.37. The zero-order chi connectivity index (χ0) is 19.9. The minimum atomic E-state index is -0.912. The van der Waals surface area contributed by atoms with Gasteiger partial charge in [-0.25, -0.2) is 0 Å². The number of carbonyl (C=O) groups is 2. The molecule has 0 saturated carbocycles. The summed E-state index contributed by atoms with van der Waals surface area (Å²) in [6.45, 7) is 1.35. The average molecular weight is 383 g/mol. The highest BCUT2D eigenvalue weighted by molar-refractivity contribution is 5.96. The molecule has 0 unspecified atom stereocenters. The maximum atomic E-state index is 13.3. The lowest BCUT2D eigenvalue weighted by Crippen LogP contribution is -2.44. The van der Waals surface area contributed by atoms with Gasteiger partial charge in [-0.05, 0) is 36.6 Å². The number of aliphatic carboxylic acids is 1. The molecule has 3 rings (SSSR count). The fourth-order valence-corrected chi connectivity index (χ4v) is 3.51. The minimum Gasteiger partial charge on any atom is -0.496 e. The number of ether oxygens (including phenoxy) is 2. The van der Waals surface area contributed by atoms with Crippen LogP contribution in [-0.2, 0) is 9.53 Å². The summed E-state index contributed by atoms with van der Waals surface area (Å²) in [6, 6.07) is 15.1. The molecule has 1 saturated heterocycles. The molecule has 0 aromatic heterocycles. The van der Waals surface area contributed by atoms with Gasteiger partial charge in [0.1, 0.15) is 5.75 Å². The Morgan fingerprint density at radius 1 is 1.14 bits per heavy atom. The van der Waals surface area contributed by atoms with Gasteiger partial charge in [-0.15, -0.1) is 0 Å². The summed E-state index contributed by atoms with van der Waals surface area (Å²) in [7, 11) is 1.60. The maximum absolute atomic E-state index is 13.3. The Balaban J connectivity index is 1.92. The standard InChI is InChI=1S/C22H25NO5/c1-27-20-8-7-17(15-19(20)16-5-3-2-4-6-16)22(26)23(12-9-21(24)25)18-10-13-28-14-11-18/h2-8,15,18H,9-14H2,1H3,(H,24,25). The second-order valence-electron chi connectivity index (χ2n) is 6.77. The number of rotatable bonds is 7. The minimum absolute atomic E-state index is 0.0112. The van der Waals surface area contributed by atoms with Gasteiger partial charge < -0.3 is 19.5 Å². The smallest absolute Gasteiger partial charge is 0.305 e. The average Bonchev–Trinajstić information content (AvgIpc) is 2.74. The summed E-state index contributed by atoms with van der Waals surface area (Å²) in [5.74, 6) is -0.386. The first kappa shape index (κ1) is 19.9. The Bertz CT molecular complexity index is 815. The summed E-state index contributed by atoms with van der Waals surface area (Å²) in [4.78, 5) is 26.1. The number of carbonyl (C=O) groups excluding carboxylic acids is 1. The Morgan fingerprint density at radius 2 is 1.86 bits per heavy atom. The zero-order valence-corrected chi connectivity index (χ0v) is 16.0. The van der Waals surface area contributed by atoms with Crippen molar-refractivity contribution >= 4 is 11.9 Å². The van der Waals surface area contributed by atoms with Crippen LogP contribution in [0.25, 0.3) is 11.1 Å². The van der Waals surface area contributed by atoms with Crippen LogP contribution in [0.1, 0.15) is 29.6 Å². The van der Waals surface area contributed by atoms with E-state index in [1.54, 1.807) is 24.1 Å². The third kappa shape index (κ3) is 4.70. The molecule has 0 atom stereocenters. The zero-order valence-electron chi connectivity index (χ0n) is 16.0. The number of nitrogens with zero attached hydrogens (tertiary/aromatic N) is 1. The number of hydrogen-bond acceptors (Lipinski definition) is 4. The highest BCUT2D eigenvalue weighted by atomic mass is 16.5. The number of methoxy groups -OCH3 is 1. The van der Waals surface area contributed by atoms with Gasteiger partial charge in [-0.3, -0.25) is 9.59 Å². The Hall–Kier alpha value is -2.86. The van der Waals surface area contributed by atoms with E-state index in [0.29, 0.717) is 37.4 Å². The molecular weight excluding hydrogens is 358 g/mol. The molecule has 1 aliphatic heterocycles. The normalized spacial score (nSPS) is 14.5. The SMILES string of the molecule is COc1ccc(C(=O)N(CCC(=O)O)C2CCOCC2)cc1-c1ccccc1. The molecule has 2 aromatic carbocycles. The van der Waals surface area contributed by atoms with Gasteiger partial charge in [0.05, 0.1) is 13.5 Å². The van der Waals surface area contributed by atoms with E-state index in [-0.39, 0.29) is 24.9 Å². The van der Waals surface area contributed by atoms with Crippen LogP contribution in [0.15, 0.2) is 48.5 Å². The van der Waals surface area contributed by atoms with Crippen LogP contribution >= 0.6 is 0 Å². The lowest BCUT2D eigenvalue weighted by Gasteiger charge is -2.34. The van der Waals surface area contributed by atoms with Crippen molar-refractivity contribution in [1.29, 1.82) is 0 Å². The van der Waals surface area contributed by atoms with Gasteiger partial charge in [0.25, 0.3) is 5.91 Å². The van der Waals surface area contributed by atoms with E-state index in [9.17, 15) is 9.59 Å². The predicted molar refractivity (Wildman–Crippen MR) is 106 cm³/mol. The number of carboxylic acids is 1. The molecule has 1 fully saturated rings. The number of amides is 1. The lowest BCUT2D eigenvalue weighted by atomic mass is 10.00. The van der Waals surface area contributed by atoms with Gasteiger partial charge in [-0.1, -0.05) is 30.3 Å². The van der Waals surface area contributed by atoms with Crippen molar-refractivity contribution in [3.05, 3.63) is 54.1 Å². The summed E-state index contributed by atoms with van der Waals surface area (Å²) in [6.07, 6.45) is 1.35. The van der Waals surface area contributed by atoms with Crippen LogP contribution < -0.4 is 4.74 Å². The molecule has 1 aliphatic rings. The first-order valence-corrected chi connectivity index (χ1v) is 9.44. The molecular formula is C22H25NO5. The topological polar surface area (TPSA) is 76.1 Å². The Morgan fingerprint density at radius 3 is 2.50 bits per heavy atom. The van der Waals surface area contributed by atoms with Crippen LogP contribution in [-0.4, -0.2) is 54.8 Å². The molecule has 0 spiro atoms. The summed E-state index contributed by atoms with van der Waals surface area (Å²) in [5.41, 5.74) is 2.31. The van der Waals surface area contributed by atoms with E-state index >= 15 is 0 Å². The van der Waals surface area contributed by atoms with E-state index in [0.717, 1.165) is 11.1 Å². The molecule has 0 bridgehead atoms. The highest BCUT2D eigenvalue weighted by Gasteiger charge is 2.27. The number of carboxylic acid groups (broad SMARTS) is 1. The van der Waals surface area contributed by atoms with Crippen molar-refractivity contribution in [1.82, 2.24) is 4.90 Å². The monoisotopic (exact) mass is 383 g/mol. The first-order valence-electron chi connectivity index (χ1n) is 9.44. The van der Waals surface area contributed by atoms with Gasteiger partial charge in [0, 0.05) is 36.9 Å². The van der Waals surface area contributed by atoms with Crippen molar-refractivity contribution in [3.63, 3.8) is 0 Å². The van der Waals surface area contributed by atoms with Crippen LogP contribution in [0.5, 0.6) is 5.75 Å². The van der Waals surface area contributed by atoms with Crippen molar-refractivity contribution in [2.24, 2.45) is 0 Å². The second-order valence-corrected chi connectivity index (χ2v) is 6.77. The van der Waals surface area contributed by atoms with Crippen molar-refractivity contribution < 1.29 is 24.2 Å². The van der Waals surface area contributed by atoms with Crippen molar-refractivity contribution in [3.8, 4) is 16.9 Å². The third-order valence-corrected chi connectivity index (χ3v) is 4.99. The van der Waals surface area contributed by atoms with E-state index in [1.807, 2.05) is 36.4 Å². The van der Waals surface area contributed by atoms with Crippen molar-refractivity contribution in [2.45, 2.75) is 25.3 Å². The van der Waals surface area contributed by atoms with E-state index < -0.39 is 5.97 Å². The molecule has 1 heterocycles. The fourth-order valence-electron chi connectivity index (χ4n) is 3.51. The third-order valence-electron chi connectivity index (χ3n) is 4.99. The largest absolute Gasteiger partial charge is 0.496 e. The van der Waals surface area contributed by atoms with E-state index in [1.165, 1.54) is 0 Å². The highest BCUT2D eigenvalue weighted by Crippen LogP contribution is 2.31. The Labute approximate surface area is 164 Å². The number of hydrogen-bond donors (Lipinski definition) is 1. The lowest BCUT2D eigenvalue weighted by molar-refractivity contribution is -0.137.